The Bertz CT molecular complexity index is 891. The predicted molar refractivity (Wildman–Crippen MR) is 114 cm³/mol. The van der Waals surface area contributed by atoms with Gasteiger partial charge in [-0.25, -0.2) is 9.79 Å². The summed E-state index contributed by atoms with van der Waals surface area (Å²) in [6, 6.07) is 14.6. The summed E-state index contributed by atoms with van der Waals surface area (Å²) in [5, 5.41) is 0.724. The van der Waals surface area contributed by atoms with Gasteiger partial charge in [-0.3, -0.25) is 9.69 Å². The van der Waals surface area contributed by atoms with Crippen LogP contribution in [0.4, 0.5) is 5.69 Å². The molecule has 1 saturated heterocycles. The van der Waals surface area contributed by atoms with Crippen molar-refractivity contribution in [3.05, 3.63) is 65.2 Å². The van der Waals surface area contributed by atoms with Gasteiger partial charge in [0, 0.05) is 17.9 Å². The first-order valence-corrected chi connectivity index (χ1v) is 10.3. The molecule has 146 valence electrons. The number of rotatable bonds is 4. The van der Waals surface area contributed by atoms with E-state index in [1.165, 1.54) is 7.11 Å². The maximum atomic E-state index is 13.1. The lowest BCUT2D eigenvalue weighted by Crippen LogP contribution is -2.39. The van der Waals surface area contributed by atoms with Gasteiger partial charge in [0.1, 0.15) is 0 Å². The molecule has 3 rings (SSSR count). The molecule has 0 aliphatic carbocycles. The van der Waals surface area contributed by atoms with E-state index < -0.39 is 5.97 Å². The third-order valence-electron chi connectivity index (χ3n) is 4.56. The Balaban J connectivity index is 1.89. The summed E-state index contributed by atoms with van der Waals surface area (Å²) in [5.74, 6) is 0.766. The fourth-order valence-corrected chi connectivity index (χ4v) is 3.99. The number of esters is 1. The molecule has 1 fully saturated rings. The number of para-hydroxylation sites is 1. The van der Waals surface area contributed by atoms with Crippen LogP contribution in [0.15, 0.2) is 53.5 Å². The third-order valence-corrected chi connectivity index (χ3v) is 5.62. The third kappa shape index (κ3) is 4.44. The smallest absolute Gasteiger partial charge is 0.337 e. The highest BCUT2D eigenvalue weighted by Crippen LogP contribution is 2.30. The number of hydrogen-bond donors (Lipinski definition) is 0. The topological polar surface area (TPSA) is 59.0 Å². The van der Waals surface area contributed by atoms with Crippen LogP contribution in [0.1, 0.15) is 52.5 Å². The molecule has 1 aliphatic rings. The van der Waals surface area contributed by atoms with E-state index in [1.807, 2.05) is 18.2 Å². The Hall–Kier alpha value is -2.60. The number of amidine groups is 1. The van der Waals surface area contributed by atoms with Crippen molar-refractivity contribution < 1.29 is 14.3 Å². The zero-order chi connectivity index (χ0) is 20.1. The summed E-state index contributed by atoms with van der Waals surface area (Å²) in [4.78, 5) is 31.3. The zero-order valence-electron chi connectivity index (χ0n) is 16.3. The van der Waals surface area contributed by atoms with Crippen molar-refractivity contribution in [2.75, 3.05) is 19.4 Å². The number of amides is 1. The molecule has 6 heteroatoms. The minimum Gasteiger partial charge on any atom is -0.465 e. The molecule has 2 aromatic rings. The van der Waals surface area contributed by atoms with Crippen LogP contribution in [0.2, 0.25) is 0 Å². The summed E-state index contributed by atoms with van der Waals surface area (Å²) in [6.07, 6.45) is 0.918. The number of carbonyl (C=O) groups excluding carboxylic acids is 2. The van der Waals surface area contributed by atoms with E-state index >= 15 is 0 Å². The van der Waals surface area contributed by atoms with Crippen LogP contribution in [-0.4, -0.2) is 41.4 Å². The molecule has 0 atom stereocenters. The van der Waals surface area contributed by atoms with Gasteiger partial charge >= 0.3 is 5.97 Å². The van der Waals surface area contributed by atoms with Crippen LogP contribution in [0.5, 0.6) is 0 Å². The highest BCUT2D eigenvalue weighted by molar-refractivity contribution is 8.13. The van der Waals surface area contributed by atoms with Crippen molar-refractivity contribution in [3.63, 3.8) is 0 Å². The molecule has 0 unspecified atom stereocenters. The molecule has 5 nitrogen and oxygen atoms in total. The molecule has 1 amide bonds. The van der Waals surface area contributed by atoms with E-state index in [2.05, 4.69) is 19.9 Å². The van der Waals surface area contributed by atoms with Gasteiger partial charge in [0.2, 0.25) is 0 Å². The summed E-state index contributed by atoms with van der Waals surface area (Å²) in [7, 11) is 1.34. The first kappa shape index (κ1) is 20.1. The number of benzene rings is 2. The first-order chi connectivity index (χ1) is 13.5. The van der Waals surface area contributed by atoms with Gasteiger partial charge in [0.05, 0.1) is 18.4 Å². The molecule has 1 aliphatic heterocycles. The van der Waals surface area contributed by atoms with Crippen LogP contribution < -0.4 is 0 Å². The fourth-order valence-electron chi connectivity index (χ4n) is 3.04. The number of nitrogens with zero attached hydrogens (tertiary/aromatic N) is 2. The predicted octanol–water partition coefficient (Wildman–Crippen LogP) is 4.86. The Morgan fingerprint density at radius 1 is 1.07 bits per heavy atom. The zero-order valence-corrected chi connectivity index (χ0v) is 17.2. The molecule has 28 heavy (non-hydrogen) atoms. The van der Waals surface area contributed by atoms with Gasteiger partial charge in [-0.15, -0.1) is 0 Å². The Morgan fingerprint density at radius 3 is 2.43 bits per heavy atom. The Labute approximate surface area is 169 Å². The summed E-state index contributed by atoms with van der Waals surface area (Å²) >= 11 is 1.60. The summed E-state index contributed by atoms with van der Waals surface area (Å²) in [6.45, 7) is 4.91. The molecule has 0 spiro atoms. The van der Waals surface area contributed by atoms with Gasteiger partial charge in [-0.2, -0.15) is 0 Å². The second-order valence-corrected chi connectivity index (χ2v) is 7.90. The lowest BCUT2D eigenvalue weighted by Gasteiger charge is -2.28. The van der Waals surface area contributed by atoms with Crippen molar-refractivity contribution in [3.8, 4) is 0 Å². The second kappa shape index (κ2) is 9.06. The maximum absolute atomic E-state index is 13.1. The standard InChI is InChI=1S/C22H24N2O3S/c1-15(2)18-7-4-5-8-19(18)23-22-24(13-6-14-28-22)20(25)16-9-11-17(12-10-16)21(26)27-3/h4-5,7-12,15H,6,13-14H2,1-3H3. The van der Waals surface area contributed by atoms with Crippen molar-refractivity contribution >= 4 is 34.5 Å². The molecular formula is C22H24N2O3S. The van der Waals surface area contributed by atoms with E-state index in [0.717, 1.165) is 28.6 Å². The van der Waals surface area contributed by atoms with Crippen molar-refractivity contribution in [1.82, 2.24) is 4.90 Å². The van der Waals surface area contributed by atoms with Crippen LogP contribution in [0, 0.1) is 0 Å². The van der Waals surface area contributed by atoms with Crippen LogP contribution in [0.3, 0.4) is 0 Å². The summed E-state index contributed by atoms with van der Waals surface area (Å²) in [5.41, 5.74) is 3.02. The van der Waals surface area contributed by atoms with Crippen LogP contribution in [0.25, 0.3) is 0 Å². The van der Waals surface area contributed by atoms with Crippen LogP contribution >= 0.6 is 11.8 Å². The minimum atomic E-state index is -0.417. The van der Waals surface area contributed by atoms with Crippen molar-refractivity contribution in [2.24, 2.45) is 4.99 Å². The quantitative estimate of drug-likeness (QED) is 0.692. The normalized spacial score (nSPS) is 15.7. The molecule has 1 heterocycles. The highest BCUT2D eigenvalue weighted by atomic mass is 32.2. The number of hydrogen-bond acceptors (Lipinski definition) is 5. The van der Waals surface area contributed by atoms with Gasteiger partial charge in [0.25, 0.3) is 5.91 Å². The maximum Gasteiger partial charge on any atom is 0.337 e. The number of aliphatic imine (C=N–C) groups is 1. The molecule has 0 bridgehead atoms. The van der Waals surface area contributed by atoms with Crippen LogP contribution in [-0.2, 0) is 4.74 Å². The Kier molecular flexibility index (Phi) is 6.52. The second-order valence-electron chi connectivity index (χ2n) is 6.84. The van der Waals surface area contributed by atoms with Gasteiger partial charge in [-0.05, 0) is 48.2 Å². The largest absolute Gasteiger partial charge is 0.465 e. The fraction of sp³-hybridized carbons (Fsp3) is 0.318. The van der Waals surface area contributed by atoms with Gasteiger partial charge < -0.3 is 4.74 Å². The average Bonchev–Trinajstić information content (AvgIpc) is 2.73. The number of carbonyl (C=O) groups is 2. The number of thioether (sulfide) groups is 1. The molecular weight excluding hydrogens is 372 g/mol. The monoisotopic (exact) mass is 396 g/mol. The van der Waals surface area contributed by atoms with E-state index in [1.54, 1.807) is 40.9 Å². The van der Waals surface area contributed by atoms with E-state index in [-0.39, 0.29) is 5.91 Å². The molecule has 2 aromatic carbocycles. The minimum absolute atomic E-state index is 0.107. The molecule has 0 aromatic heterocycles. The molecule has 0 saturated carbocycles. The lowest BCUT2D eigenvalue weighted by molar-refractivity contribution is 0.0600. The average molecular weight is 397 g/mol. The highest BCUT2D eigenvalue weighted by Gasteiger charge is 2.25. The van der Waals surface area contributed by atoms with E-state index in [9.17, 15) is 9.59 Å². The van der Waals surface area contributed by atoms with E-state index in [4.69, 9.17) is 9.73 Å². The lowest BCUT2D eigenvalue weighted by atomic mass is 10.0. The Morgan fingerprint density at radius 2 is 1.75 bits per heavy atom. The number of ether oxygens (including phenoxy) is 1. The first-order valence-electron chi connectivity index (χ1n) is 9.32. The van der Waals surface area contributed by atoms with E-state index in [0.29, 0.717) is 23.6 Å². The molecule has 0 radical (unpaired) electrons. The molecule has 0 N–H and O–H groups in total. The van der Waals surface area contributed by atoms with Gasteiger partial charge in [-0.1, -0.05) is 43.8 Å². The number of methoxy groups -OCH3 is 1. The van der Waals surface area contributed by atoms with Gasteiger partial charge in [0.15, 0.2) is 5.17 Å². The SMILES string of the molecule is COC(=O)c1ccc(C(=O)N2CCCSC2=Nc2ccccc2C(C)C)cc1. The van der Waals surface area contributed by atoms with Crippen molar-refractivity contribution in [2.45, 2.75) is 26.2 Å². The van der Waals surface area contributed by atoms with Crippen molar-refractivity contribution in [1.29, 1.82) is 0 Å². The summed E-state index contributed by atoms with van der Waals surface area (Å²) < 4.78 is 4.71.